The van der Waals surface area contributed by atoms with Crippen molar-refractivity contribution in [3.63, 3.8) is 0 Å². The monoisotopic (exact) mass is 391 g/mol. The number of hydrogen-bond acceptors (Lipinski definition) is 5. The fourth-order valence-corrected chi connectivity index (χ4v) is 4.64. The Balaban J connectivity index is 1.40. The molecular weight excluding hydrogens is 366 g/mol. The quantitative estimate of drug-likeness (QED) is 0.667. The third-order valence-electron chi connectivity index (χ3n) is 6.17. The van der Waals surface area contributed by atoms with E-state index in [1.165, 1.54) is 11.3 Å². The first-order valence-corrected chi connectivity index (χ1v) is 10.4. The molecular formula is C21H25N7O. The molecule has 1 amide bonds. The van der Waals surface area contributed by atoms with Crippen molar-refractivity contribution in [2.75, 3.05) is 13.1 Å². The highest BCUT2D eigenvalue weighted by Gasteiger charge is 2.33. The molecule has 4 heterocycles. The predicted octanol–water partition coefficient (Wildman–Crippen LogP) is 1.97. The van der Waals surface area contributed by atoms with Gasteiger partial charge in [0.15, 0.2) is 5.82 Å². The van der Waals surface area contributed by atoms with Gasteiger partial charge in [0.25, 0.3) is 0 Å². The molecule has 1 aromatic carbocycles. The highest BCUT2D eigenvalue weighted by molar-refractivity contribution is 5.83. The van der Waals surface area contributed by atoms with Crippen molar-refractivity contribution in [2.45, 2.75) is 44.6 Å². The minimum absolute atomic E-state index is 0.157. The first-order chi connectivity index (χ1) is 14.2. The van der Waals surface area contributed by atoms with Crippen molar-refractivity contribution in [1.82, 2.24) is 34.9 Å². The van der Waals surface area contributed by atoms with Crippen molar-refractivity contribution >= 4 is 5.91 Å². The van der Waals surface area contributed by atoms with E-state index in [2.05, 4.69) is 27.7 Å². The van der Waals surface area contributed by atoms with E-state index in [9.17, 15) is 4.79 Å². The lowest BCUT2D eigenvalue weighted by Crippen LogP contribution is -2.37. The van der Waals surface area contributed by atoms with E-state index >= 15 is 0 Å². The second-order valence-electron chi connectivity index (χ2n) is 7.90. The van der Waals surface area contributed by atoms with Crippen LogP contribution in [0.2, 0.25) is 0 Å². The highest BCUT2D eigenvalue weighted by Crippen LogP contribution is 2.30. The Morgan fingerprint density at radius 3 is 2.76 bits per heavy atom. The molecule has 1 unspecified atom stereocenters. The number of fused-ring (bicyclic) bond motifs is 2. The summed E-state index contributed by atoms with van der Waals surface area (Å²) in [4.78, 5) is 15.4. The summed E-state index contributed by atoms with van der Waals surface area (Å²) in [5.41, 5.74) is 4.66. The summed E-state index contributed by atoms with van der Waals surface area (Å²) in [7, 11) is 2.00. The molecule has 0 aliphatic carbocycles. The van der Waals surface area contributed by atoms with Gasteiger partial charge < -0.3 is 4.90 Å². The average Bonchev–Trinajstić information content (AvgIpc) is 3.17. The molecule has 2 aliphatic rings. The predicted molar refractivity (Wildman–Crippen MR) is 107 cm³/mol. The number of benzene rings is 1. The van der Waals surface area contributed by atoms with E-state index in [1.54, 1.807) is 4.68 Å². The molecule has 0 saturated carbocycles. The molecule has 0 saturated heterocycles. The molecule has 8 nitrogen and oxygen atoms in total. The Labute approximate surface area is 169 Å². The van der Waals surface area contributed by atoms with Gasteiger partial charge in [-0.15, -0.1) is 5.10 Å². The van der Waals surface area contributed by atoms with Crippen LogP contribution < -0.4 is 0 Å². The third-order valence-corrected chi connectivity index (χ3v) is 6.17. The number of rotatable bonds is 2. The van der Waals surface area contributed by atoms with Gasteiger partial charge in [-0.25, -0.2) is 4.68 Å². The lowest BCUT2D eigenvalue weighted by molar-refractivity contribution is -0.133. The molecule has 0 bridgehead atoms. The van der Waals surface area contributed by atoms with Crippen LogP contribution in [0.1, 0.15) is 42.3 Å². The van der Waals surface area contributed by atoms with Crippen LogP contribution in [0.5, 0.6) is 0 Å². The van der Waals surface area contributed by atoms with Gasteiger partial charge in [-0.2, -0.15) is 5.10 Å². The summed E-state index contributed by atoms with van der Waals surface area (Å²) in [5, 5.41) is 16.8. The number of nitrogens with zero attached hydrogens (tertiary/aromatic N) is 7. The average molecular weight is 391 g/mol. The Morgan fingerprint density at radius 1 is 1.07 bits per heavy atom. The summed E-state index contributed by atoms with van der Waals surface area (Å²) in [6.45, 7) is 2.21. The summed E-state index contributed by atoms with van der Waals surface area (Å²) < 4.78 is 3.79. The number of carbonyl (C=O) groups is 1. The van der Waals surface area contributed by atoms with E-state index in [-0.39, 0.29) is 11.8 Å². The highest BCUT2D eigenvalue weighted by atomic mass is 16.2. The first kappa shape index (κ1) is 18.0. The number of aromatic nitrogens is 6. The second-order valence-corrected chi connectivity index (χ2v) is 7.90. The molecule has 150 valence electrons. The fourth-order valence-electron chi connectivity index (χ4n) is 4.64. The minimum Gasteiger partial charge on any atom is -0.341 e. The van der Waals surface area contributed by atoms with Gasteiger partial charge in [-0.05, 0) is 29.7 Å². The number of carbonyl (C=O) groups excluding carboxylic acids is 1. The zero-order valence-corrected chi connectivity index (χ0v) is 16.7. The van der Waals surface area contributed by atoms with Crippen LogP contribution in [-0.2, 0) is 31.2 Å². The van der Waals surface area contributed by atoms with Crippen LogP contribution in [0.15, 0.2) is 30.3 Å². The Kier molecular flexibility index (Phi) is 4.61. The van der Waals surface area contributed by atoms with E-state index < -0.39 is 0 Å². The van der Waals surface area contributed by atoms with Crippen LogP contribution in [0, 0.1) is 0 Å². The van der Waals surface area contributed by atoms with Crippen molar-refractivity contribution in [3.8, 4) is 11.3 Å². The van der Waals surface area contributed by atoms with Crippen LogP contribution in [0.3, 0.4) is 0 Å². The maximum atomic E-state index is 13.4. The number of amides is 1. The van der Waals surface area contributed by atoms with Gasteiger partial charge in [0.1, 0.15) is 0 Å². The van der Waals surface area contributed by atoms with Crippen LogP contribution in [0.4, 0.5) is 0 Å². The molecule has 2 aromatic heterocycles. The van der Waals surface area contributed by atoms with Crippen molar-refractivity contribution in [1.29, 1.82) is 0 Å². The molecule has 0 N–H and O–H groups in total. The normalized spacial score (nSPS) is 19.2. The van der Waals surface area contributed by atoms with E-state index in [4.69, 9.17) is 5.10 Å². The standard InChI is InChI=1S/C21H25N7O/c1-26-18-11-14-27(13-10-16(18)19(23-26)15-7-3-2-4-8-15)21(29)17-9-5-6-12-28-20(17)22-24-25-28/h2-4,7-8,17H,5-6,9-14H2,1H3. The van der Waals surface area contributed by atoms with Gasteiger partial charge >= 0.3 is 0 Å². The molecule has 1 atom stereocenters. The van der Waals surface area contributed by atoms with Crippen LogP contribution in [-0.4, -0.2) is 53.9 Å². The third kappa shape index (κ3) is 3.22. The molecule has 8 heteroatoms. The number of aryl methyl sites for hydroxylation is 2. The summed E-state index contributed by atoms with van der Waals surface area (Å²) >= 11 is 0. The van der Waals surface area contributed by atoms with Crippen molar-refractivity contribution < 1.29 is 4.79 Å². The van der Waals surface area contributed by atoms with Crippen molar-refractivity contribution in [3.05, 3.63) is 47.4 Å². The summed E-state index contributed by atoms with van der Waals surface area (Å²) in [6, 6.07) is 10.3. The second kappa shape index (κ2) is 7.42. The summed E-state index contributed by atoms with van der Waals surface area (Å²) in [6.07, 6.45) is 4.47. The smallest absolute Gasteiger partial charge is 0.233 e. The molecule has 29 heavy (non-hydrogen) atoms. The Morgan fingerprint density at radius 2 is 1.90 bits per heavy atom. The van der Waals surface area contributed by atoms with Gasteiger partial charge in [-0.3, -0.25) is 9.48 Å². The lowest BCUT2D eigenvalue weighted by atomic mass is 10.0. The van der Waals surface area contributed by atoms with E-state index in [0.29, 0.717) is 13.1 Å². The number of hydrogen-bond donors (Lipinski definition) is 0. The molecule has 0 spiro atoms. The van der Waals surface area contributed by atoms with E-state index in [1.807, 2.05) is 34.8 Å². The van der Waals surface area contributed by atoms with E-state index in [0.717, 1.165) is 55.7 Å². The van der Waals surface area contributed by atoms with Gasteiger partial charge in [0, 0.05) is 49.9 Å². The van der Waals surface area contributed by atoms with Crippen LogP contribution >= 0.6 is 0 Å². The largest absolute Gasteiger partial charge is 0.341 e. The topological polar surface area (TPSA) is 81.7 Å². The minimum atomic E-state index is -0.236. The zero-order valence-electron chi connectivity index (χ0n) is 16.7. The molecule has 0 radical (unpaired) electrons. The maximum absolute atomic E-state index is 13.4. The zero-order chi connectivity index (χ0) is 19.8. The molecule has 5 rings (SSSR count). The maximum Gasteiger partial charge on any atom is 0.233 e. The van der Waals surface area contributed by atoms with Gasteiger partial charge in [0.05, 0.1) is 11.6 Å². The summed E-state index contributed by atoms with van der Waals surface area (Å²) in [5.74, 6) is 0.645. The van der Waals surface area contributed by atoms with Gasteiger partial charge in [-0.1, -0.05) is 36.8 Å². The molecule has 3 aromatic rings. The lowest BCUT2D eigenvalue weighted by Gasteiger charge is -2.25. The molecule has 2 aliphatic heterocycles. The SMILES string of the molecule is Cn1nc(-c2ccccc2)c2c1CCN(C(=O)C1CCCCn3nnnc31)CC2. The van der Waals surface area contributed by atoms with Crippen molar-refractivity contribution in [2.24, 2.45) is 7.05 Å². The fraction of sp³-hybridized carbons (Fsp3) is 0.476. The Hall–Kier alpha value is -3.03. The Bertz CT molecular complexity index is 1020. The first-order valence-electron chi connectivity index (χ1n) is 10.4. The number of tetrazole rings is 1. The molecule has 0 fully saturated rings. The van der Waals surface area contributed by atoms with Crippen LogP contribution in [0.25, 0.3) is 11.3 Å². The van der Waals surface area contributed by atoms with Gasteiger partial charge in [0.2, 0.25) is 5.91 Å².